The van der Waals surface area contributed by atoms with Crippen molar-refractivity contribution < 1.29 is 13.5 Å². The number of halogens is 3. The number of ether oxygens (including phenoxy) is 1. The number of hydrogen-bond donors (Lipinski definition) is 0. The molecule has 0 fully saturated rings. The molecule has 0 aliphatic heterocycles. The molecule has 0 saturated heterocycles. The summed E-state index contributed by atoms with van der Waals surface area (Å²) in [7, 11) is 0. The summed E-state index contributed by atoms with van der Waals surface area (Å²) in [5, 5.41) is 0. The second-order valence-corrected chi connectivity index (χ2v) is 3.06. The van der Waals surface area contributed by atoms with Crippen LogP contribution in [0.1, 0.15) is 11.1 Å². The van der Waals surface area contributed by atoms with Crippen LogP contribution in [0.4, 0.5) is 8.78 Å². The van der Waals surface area contributed by atoms with E-state index in [1.165, 1.54) is 6.07 Å². The van der Waals surface area contributed by atoms with Crippen molar-refractivity contribution in [2.45, 2.75) is 13.5 Å². The Labute approximate surface area is 92.0 Å². The van der Waals surface area contributed by atoms with Gasteiger partial charge in [-0.05, 0) is 30.7 Å². The van der Waals surface area contributed by atoms with Gasteiger partial charge in [0.25, 0.3) is 0 Å². The lowest BCUT2D eigenvalue weighted by molar-refractivity contribution is -0.0502. The van der Waals surface area contributed by atoms with Gasteiger partial charge in [0.2, 0.25) is 0 Å². The van der Waals surface area contributed by atoms with Crippen molar-refractivity contribution in [3.63, 3.8) is 0 Å². The van der Waals surface area contributed by atoms with Gasteiger partial charge in [0.1, 0.15) is 5.75 Å². The lowest BCUT2D eigenvalue weighted by Gasteiger charge is -2.07. The first-order chi connectivity index (χ1) is 7.13. The molecule has 0 aromatic heterocycles. The molecule has 1 aromatic carbocycles. The van der Waals surface area contributed by atoms with Gasteiger partial charge in [-0.1, -0.05) is 11.8 Å². The lowest BCUT2D eigenvalue weighted by atomic mass is 10.1. The van der Waals surface area contributed by atoms with Crippen LogP contribution in [0.25, 0.3) is 0 Å². The first kappa shape index (κ1) is 11.8. The summed E-state index contributed by atoms with van der Waals surface area (Å²) in [6, 6.07) is 4.77. The number of rotatable bonds is 2. The van der Waals surface area contributed by atoms with Crippen LogP contribution in [0.2, 0.25) is 0 Å². The van der Waals surface area contributed by atoms with Crippen LogP contribution in [0.3, 0.4) is 0 Å². The molecular formula is C11H9ClF2O. The van der Waals surface area contributed by atoms with Crippen LogP contribution in [0, 0.1) is 18.8 Å². The van der Waals surface area contributed by atoms with Crippen LogP contribution in [0.15, 0.2) is 18.2 Å². The van der Waals surface area contributed by atoms with Gasteiger partial charge in [-0.15, -0.1) is 11.6 Å². The van der Waals surface area contributed by atoms with Crippen LogP contribution in [-0.2, 0) is 0 Å². The molecule has 15 heavy (non-hydrogen) atoms. The third-order valence-electron chi connectivity index (χ3n) is 1.69. The van der Waals surface area contributed by atoms with Gasteiger partial charge in [0.05, 0.1) is 5.88 Å². The normalized spacial score (nSPS) is 9.67. The van der Waals surface area contributed by atoms with Gasteiger partial charge in [0.15, 0.2) is 0 Å². The summed E-state index contributed by atoms with van der Waals surface area (Å²) in [5.41, 5.74) is 1.35. The second-order valence-electron chi connectivity index (χ2n) is 2.79. The van der Waals surface area contributed by atoms with E-state index < -0.39 is 6.61 Å². The monoisotopic (exact) mass is 230 g/mol. The van der Waals surface area contributed by atoms with E-state index in [1.54, 1.807) is 19.1 Å². The second kappa shape index (κ2) is 5.57. The van der Waals surface area contributed by atoms with Crippen LogP contribution in [0.5, 0.6) is 5.75 Å². The van der Waals surface area contributed by atoms with Gasteiger partial charge in [0, 0.05) is 5.56 Å². The smallest absolute Gasteiger partial charge is 0.387 e. The molecule has 1 nitrogen and oxygen atoms in total. The first-order valence-electron chi connectivity index (χ1n) is 4.24. The molecule has 0 spiro atoms. The van der Waals surface area contributed by atoms with E-state index in [0.717, 1.165) is 5.56 Å². The molecule has 1 rings (SSSR count). The van der Waals surface area contributed by atoms with E-state index in [9.17, 15) is 8.78 Å². The zero-order valence-corrected chi connectivity index (χ0v) is 8.81. The van der Waals surface area contributed by atoms with Crippen molar-refractivity contribution in [1.82, 2.24) is 0 Å². The summed E-state index contributed by atoms with van der Waals surface area (Å²) in [6.45, 7) is -1.12. The van der Waals surface area contributed by atoms with Gasteiger partial charge in [-0.25, -0.2) is 0 Å². The summed E-state index contributed by atoms with van der Waals surface area (Å²) in [4.78, 5) is 0. The fraction of sp³-hybridized carbons (Fsp3) is 0.273. The first-order valence-corrected chi connectivity index (χ1v) is 4.77. The van der Waals surface area contributed by atoms with E-state index in [-0.39, 0.29) is 11.6 Å². The van der Waals surface area contributed by atoms with E-state index in [4.69, 9.17) is 11.6 Å². The molecule has 0 unspecified atom stereocenters. The SMILES string of the molecule is Cc1cc(C#CCCl)ccc1OC(F)F. The highest BCUT2D eigenvalue weighted by atomic mass is 35.5. The van der Waals surface area contributed by atoms with E-state index in [1.807, 2.05) is 0 Å². The Balaban J connectivity index is 2.88. The van der Waals surface area contributed by atoms with Crippen molar-refractivity contribution in [3.05, 3.63) is 29.3 Å². The minimum atomic E-state index is -2.80. The molecule has 0 saturated carbocycles. The minimum Gasteiger partial charge on any atom is -0.435 e. The standard InChI is InChI=1S/C11H9ClF2O/c1-8-7-9(3-2-6-12)4-5-10(8)15-11(13)14/h4-5,7,11H,6H2,1H3. The Hall–Kier alpha value is -1.27. The molecule has 0 amide bonds. The Kier molecular flexibility index (Phi) is 4.38. The van der Waals surface area contributed by atoms with E-state index >= 15 is 0 Å². The number of benzene rings is 1. The van der Waals surface area contributed by atoms with Crippen molar-refractivity contribution in [1.29, 1.82) is 0 Å². The van der Waals surface area contributed by atoms with Crippen LogP contribution < -0.4 is 4.74 Å². The van der Waals surface area contributed by atoms with Crippen LogP contribution >= 0.6 is 11.6 Å². The van der Waals surface area contributed by atoms with Crippen LogP contribution in [-0.4, -0.2) is 12.5 Å². The predicted octanol–water partition coefficient (Wildman–Crippen LogP) is 3.19. The maximum atomic E-state index is 11.9. The van der Waals surface area contributed by atoms with Crippen molar-refractivity contribution >= 4 is 11.6 Å². The molecule has 0 aliphatic carbocycles. The average molecular weight is 231 g/mol. The molecule has 0 radical (unpaired) electrons. The van der Waals surface area contributed by atoms with Crippen molar-refractivity contribution in [2.24, 2.45) is 0 Å². The van der Waals surface area contributed by atoms with Gasteiger partial charge in [-0.3, -0.25) is 0 Å². The highest BCUT2D eigenvalue weighted by molar-refractivity contribution is 6.19. The quantitative estimate of drug-likeness (QED) is 0.560. The van der Waals surface area contributed by atoms with Gasteiger partial charge >= 0.3 is 6.61 Å². The summed E-state index contributed by atoms with van der Waals surface area (Å²) >= 11 is 5.39. The maximum absolute atomic E-state index is 11.9. The molecule has 0 atom stereocenters. The third kappa shape index (κ3) is 3.77. The number of hydrogen-bond acceptors (Lipinski definition) is 1. The molecule has 1 aromatic rings. The Morgan fingerprint density at radius 1 is 1.47 bits per heavy atom. The average Bonchev–Trinajstić information content (AvgIpc) is 2.18. The minimum absolute atomic E-state index is 0.168. The zero-order chi connectivity index (χ0) is 11.3. The third-order valence-corrected chi connectivity index (χ3v) is 1.82. The summed E-state index contributed by atoms with van der Waals surface area (Å²) in [6.07, 6.45) is 0. The number of aryl methyl sites for hydroxylation is 1. The Morgan fingerprint density at radius 2 is 2.20 bits per heavy atom. The lowest BCUT2D eigenvalue weighted by Crippen LogP contribution is -2.03. The van der Waals surface area contributed by atoms with E-state index in [2.05, 4.69) is 16.6 Å². The number of alkyl halides is 3. The topological polar surface area (TPSA) is 9.23 Å². The molecular weight excluding hydrogens is 222 g/mol. The molecule has 80 valence electrons. The largest absolute Gasteiger partial charge is 0.435 e. The Bertz CT molecular complexity index is 393. The molecule has 0 bridgehead atoms. The Morgan fingerprint density at radius 3 is 2.73 bits per heavy atom. The predicted molar refractivity (Wildman–Crippen MR) is 55.4 cm³/mol. The molecule has 4 heteroatoms. The molecule has 0 heterocycles. The molecule has 0 N–H and O–H groups in total. The highest BCUT2D eigenvalue weighted by Crippen LogP contribution is 2.20. The maximum Gasteiger partial charge on any atom is 0.387 e. The zero-order valence-electron chi connectivity index (χ0n) is 8.06. The highest BCUT2D eigenvalue weighted by Gasteiger charge is 2.06. The summed E-state index contributed by atoms with van der Waals surface area (Å²) in [5.74, 6) is 5.88. The summed E-state index contributed by atoms with van der Waals surface area (Å²) < 4.78 is 28.2. The van der Waals surface area contributed by atoms with E-state index in [0.29, 0.717) is 5.56 Å². The van der Waals surface area contributed by atoms with Crippen molar-refractivity contribution in [3.8, 4) is 17.6 Å². The van der Waals surface area contributed by atoms with Gasteiger partial charge < -0.3 is 4.74 Å². The van der Waals surface area contributed by atoms with Gasteiger partial charge in [-0.2, -0.15) is 8.78 Å². The fourth-order valence-corrected chi connectivity index (χ4v) is 1.16. The molecule has 0 aliphatic rings. The fourth-order valence-electron chi connectivity index (χ4n) is 1.09. The van der Waals surface area contributed by atoms with Crippen molar-refractivity contribution in [2.75, 3.05) is 5.88 Å².